The number of rotatable bonds is 5. The molecule has 1 nitrogen and oxygen atoms in total. The molecule has 0 bridgehead atoms. The third-order valence-electron chi connectivity index (χ3n) is 2.60. The summed E-state index contributed by atoms with van der Waals surface area (Å²) in [6.45, 7) is 9.91. The minimum Gasteiger partial charge on any atom is -0.312 e. The van der Waals surface area contributed by atoms with Crippen molar-refractivity contribution in [2.45, 2.75) is 52.5 Å². The Morgan fingerprint density at radius 1 is 1.06 bits per heavy atom. The molecule has 1 rings (SSSR count). The van der Waals surface area contributed by atoms with Gasteiger partial charge in [0.25, 0.3) is 0 Å². The molecule has 0 aliphatic rings. The van der Waals surface area contributed by atoms with Crippen LogP contribution in [0.15, 0.2) is 24.3 Å². The zero-order valence-electron chi connectivity index (χ0n) is 11.1. The predicted octanol–water partition coefficient (Wildman–Crippen LogP) is 3.57. The van der Waals surface area contributed by atoms with Crippen molar-refractivity contribution >= 4 is 0 Å². The smallest absolute Gasteiger partial charge is 0.00966 e. The molecule has 0 spiro atoms. The maximum atomic E-state index is 3.52. The molecule has 0 saturated heterocycles. The second-order valence-corrected chi connectivity index (χ2v) is 5.50. The van der Waals surface area contributed by atoms with E-state index >= 15 is 0 Å². The summed E-state index contributed by atoms with van der Waals surface area (Å²) in [6, 6.07) is 8.97. The molecule has 0 aliphatic heterocycles. The summed E-state index contributed by atoms with van der Waals surface area (Å²) in [6.07, 6.45) is 3.54. The van der Waals surface area contributed by atoms with Crippen LogP contribution >= 0.6 is 0 Å². The van der Waals surface area contributed by atoms with Crippen molar-refractivity contribution in [3.05, 3.63) is 35.4 Å². The fourth-order valence-corrected chi connectivity index (χ4v) is 1.81. The van der Waals surface area contributed by atoms with Crippen molar-refractivity contribution in [2.24, 2.45) is 0 Å². The molecule has 0 heterocycles. The van der Waals surface area contributed by atoms with Gasteiger partial charge in [0.2, 0.25) is 0 Å². The first-order valence-electron chi connectivity index (χ1n) is 6.34. The van der Waals surface area contributed by atoms with Crippen LogP contribution in [0, 0.1) is 0 Å². The fourth-order valence-electron chi connectivity index (χ4n) is 1.81. The van der Waals surface area contributed by atoms with Gasteiger partial charge in [0, 0.05) is 5.54 Å². The Morgan fingerprint density at radius 3 is 2.25 bits per heavy atom. The molecule has 1 aromatic rings. The Bertz CT molecular complexity index is 309. The van der Waals surface area contributed by atoms with Crippen LogP contribution in [0.4, 0.5) is 0 Å². The molecule has 1 N–H and O–H groups in total. The van der Waals surface area contributed by atoms with E-state index in [4.69, 9.17) is 0 Å². The molecular weight excluding hydrogens is 194 g/mol. The highest BCUT2D eigenvalue weighted by Crippen LogP contribution is 2.08. The number of hydrogen-bond acceptors (Lipinski definition) is 1. The van der Waals surface area contributed by atoms with E-state index in [1.165, 1.54) is 24.0 Å². The summed E-state index contributed by atoms with van der Waals surface area (Å²) in [5.74, 6) is 0. The average molecular weight is 219 g/mol. The lowest BCUT2D eigenvalue weighted by atomic mass is 10.0. The first-order chi connectivity index (χ1) is 7.51. The van der Waals surface area contributed by atoms with Crippen molar-refractivity contribution in [1.29, 1.82) is 0 Å². The third kappa shape index (κ3) is 5.32. The SMILES string of the molecule is CCCc1cccc(CCNC(C)(C)C)c1. The highest BCUT2D eigenvalue weighted by molar-refractivity contribution is 5.23. The van der Waals surface area contributed by atoms with E-state index in [2.05, 4.69) is 57.3 Å². The van der Waals surface area contributed by atoms with E-state index in [-0.39, 0.29) is 5.54 Å². The van der Waals surface area contributed by atoms with Gasteiger partial charge >= 0.3 is 0 Å². The molecule has 90 valence electrons. The lowest BCUT2D eigenvalue weighted by molar-refractivity contribution is 0.429. The monoisotopic (exact) mass is 219 g/mol. The summed E-state index contributed by atoms with van der Waals surface area (Å²) >= 11 is 0. The van der Waals surface area contributed by atoms with Gasteiger partial charge in [-0.3, -0.25) is 0 Å². The second-order valence-electron chi connectivity index (χ2n) is 5.50. The first-order valence-corrected chi connectivity index (χ1v) is 6.34. The van der Waals surface area contributed by atoms with Gasteiger partial charge in [-0.2, -0.15) is 0 Å². The number of aryl methyl sites for hydroxylation is 1. The zero-order valence-corrected chi connectivity index (χ0v) is 11.1. The van der Waals surface area contributed by atoms with E-state index in [0.717, 1.165) is 13.0 Å². The van der Waals surface area contributed by atoms with Gasteiger partial charge < -0.3 is 5.32 Å². The first kappa shape index (κ1) is 13.2. The van der Waals surface area contributed by atoms with Crippen LogP contribution in [0.1, 0.15) is 45.2 Å². The van der Waals surface area contributed by atoms with Gasteiger partial charge in [-0.1, -0.05) is 37.6 Å². The largest absolute Gasteiger partial charge is 0.312 e. The maximum absolute atomic E-state index is 3.52. The van der Waals surface area contributed by atoms with Crippen LogP contribution in [-0.4, -0.2) is 12.1 Å². The lowest BCUT2D eigenvalue weighted by Gasteiger charge is -2.20. The maximum Gasteiger partial charge on any atom is 0.00966 e. The second kappa shape index (κ2) is 6.05. The summed E-state index contributed by atoms with van der Waals surface area (Å²) in [5, 5.41) is 3.52. The molecule has 1 aromatic carbocycles. The van der Waals surface area contributed by atoms with E-state index in [1.54, 1.807) is 0 Å². The fraction of sp³-hybridized carbons (Fsp3) is 0.600. The molecule has 0 radical (unpaired) electrons. The quantitative estimate of drug-likeness (QED) is 0.798. The van der Waals surface area contributed by atoms with Gasteiger partial charge in [-0.25, -0.2) is 0 Å². The van der Waals surface area contributed by atoms with Gasteiger partial charge in [-0.15, -0.1) is 0 Å². The minimum absolute atomic E-state index is 0.223. The number of hydrogen-bond donors (Lipinski definition) is 1. The van der Waals surface area contributed by atoms with Crippen LogP contribution in [-0.2, 0) is 12.8 Å². The highest BCUT2D eigenvalue weighted by Gasteiger charge is 2.07. The highest BCUT2D eigenvalue weighted by atomic mass is 14.9. The van der Waals surface area contributed by atoms with Crippen molar-refractivity contribution in [3.63, 3.8) is 0 Å². The topological polar surface area (TPSA) is 12.0 Å². The van der Waals surface area contributed by atoms with Crippen LogP contribution in [0.5, 0.6) is 0 Å². The van der Waals surface area contributed by atoms with Crippen molar-refractivity contribution in [1.82, 2.24) is 5.32 Å². The molecule has 1 heteroatoms. The molecule has 0 aliphatic carbocycles. The molecule has 0 atom stereocenters. The zero-order chi connectivity index (χ0) is 12.0. The van der Waals surface area contributed by atoms with Crippen LogP contribution in [0.3, 0.4) is 0 Å². The standard InChI is InChI=1S/C15H25N/c1-5-7-13-8-6-9-14(12-13)10-11-16-15(2,3)4/h6,8-9,12,16H,5,7,10-11H2,1-4H3. The summed E-state index contributed by atoms with van der Waals surface area (Å²) in [5.41, 5.74) is 3.14. The normalized spacial score (nSPS) is 11.8. The Hall–Kier alpha value is -0.820. The van der Waals surface area contributed by atoms with Crippen LogP contribution < -0.4 is 5.32 Å². The molecule has 0 aromatic heterocycles. The van der Waals surface area contributed by atoms with Gasteiger partial charge in [0.15, 0.2) is 0 Å². The van der Waals surface area contributed by atoms with Crippen LogP contribution in [0.2, 0.25) is 0 Å². The Labute approximate surface area is 100 Å². The molecule has 0 unspecified atom stereocenters. The van der Waals surface area contributed by atoms with Crippen molar-refractivity contribution < 1.29 is 0 Å². The molecule has 16 heavy (non-hydrogen) atoms. The summed E-state index contributed by atoms with van der Waals surface area (Å²) in [4.78, 5) is 0. The predicted molar refractivity (Wildman–Crippen MR) is 71.9 cm³/mol. The van der Waals surface area contributed by atoms with Gasteiger partial charge in [0.1, 0.15) is 0 Å². The van der Waals surface area contributed by atoms with Gasteiger partial charge in [0.05, 0.1) is 0 Å². The molecule has 0 amide bonds. The lowest BCUT2D eigenvalue weighted by Crippen LogP contribution is -2.37. The van der Waals surface area contributed by atoms with E-state index < -0.39 is 0 Å². The summed E-state index contributed by atoms with van der Waals surface area (Å²) < 4.78 is 0. The van der Waals surface area contributed by atoms with E-state index in [1.807, 2.05) is 0 Å². The van der Waals surface area contributed by atoms with Crippen molar-refractivity contribution in [2.75, 3.05) is 6.54 Å². The van der Waals surface area contributed by atoms with E-state index in [9.17, 15) is 0 Å². The summed E-state index contributed by atoms with van der Waals surface area (Å²) in [7, 11) is 0. The molecule has 0 saturated carbocycles. The van der Waals surface area contributed by atoms with E-state index in [0.29, 0.717) is 0 Å². The molecule has 0 fully saturated rings. The van der Waals surface area contributed by atoms with Gasteiger partial charge in [-0.05, 0) is 51.3 Å². The minimum atomic E-state index is 0.223. The van der Waals surface area contributed by atoms with Crippen LogP contribution in [0.25, 0.3) is 0 Å². The third-order valence-corrected chi connectivity index (χ3v) is 2.60. The number of benzene rings is 1. The average Bonchev–Trinajstić information content (AvgIpc) is 2.17. The number of nitrogens with one attached hydrogen (secondary N) is 1. The van der Waals surface area contributed by atoms with Crippen molar-refractivity contribution in [3.8, 4) is 0 Å². The Balaban J connectivity index is 2.44. The Morgan fingerprint density at radius 2 is 1.69 bits per heavy atom. The Kier molecular flexibility index (Phi) is 5.01. The molecular formula is C15H25N.